The molecule has 1 heterocycles. The van der Waals surface area contributed by atoms with Crippen molar-refractivity contribution in [2.45, 2.75) is 13.0 Å². The van der Waals surface area contributed by atoms with Gasteiger partial charge in [0.25, 0.3) is 0 Å². The number of carbonyl (C=O) groups excluding carboxylic acids is 2. The Labute approximate surface area is 121 Å². The van der Waals surface area contributed by atoms with Crippen LogP contribution in [0.4, 0.5) is 5.69 Å². The maximum Gasteiger partial charge on any atom is 0.323 e. The van der Waals surface area contributed by atoms with Gasteiger partial charge in [-0.15, -0.1) is 0 Å². The molecule has 2 rings (SSSR count). The second-order valence-electron chi connectivity index (χ2n) is 4.89. The third kappa shape index (κ3) is 3.79. The molecule has 1 aliphatic heterocycles. The summed E-state index contributed by atoms with van der Waals surface area (Å²) in [5.41, 5.74) is 1.54. The van der Waals surface area contributed by atoms with Crippen LogP contribution in [-0.4, -0.2) is 48.6 Å². The Kier molecular flexibility index (Phi) is 4.54. The van der Waals surface area contributed by atoms with E-state index in [1.54, 1.807) is 12.1 Å². The van der Waals surface area contributed by atoms with Gasteiger partial charge in [0.1, 0.15) is 12.6 Å². The summed E-state index contributed by atoms with van der Waals surface area (Å²) < 4.78 is 0. The van der Waals surface area contributed by atoms with Crippen LogP contribution in [0.2, 0.25) is 0 Å². The number of amides is 2. The first-order chi connectivity index (χ1) is 9.97. The minimum Gasteiger partial charge on any atom is -0.480 e. The van der Waals surface area contributed by atoms with Crippen LogP contribution >= 0.6 is 0 Å². The predicted molar refractivity (Wildman–Crippen MR) is 76.0 cm³/mol. The van der Waals surface area contributed by atoms with Crippen molar-refractivity contribution in [1.29, 1.82) is 0 Å². The number of aliphatic carboxylic acids is 1. The molecule has 0 radical (unpaired) electrons. The van der Waals surface area contributed by atoms with Crippen molar-refractivity contribution in [3.63, 3.8) is 0 Å². The Morgan fingerprint density at radius 2 is 2.00 bits per heavy atom. The SMILES string of the molecule is Cc1ccc(N(CC(=O)O)C(=O)C2CNC(=O)CN2)cc1. The van der Waals surface area contributed by atoms with Gasteiger partial charge in [-0.05, 0) is 19.1 Å². The smallest absolute Gasteiger partial charge is 0.323 e. The molecule has 1 aromatic rings. The molecule has 1 unspecified atom stereocenters. The van der Waals surface area contributed by atoms with Crippen LogP contribution in [0, 0.1) is 6.92 Å². The molecule has 1 aromatic carbocycles. The maximum atomic E-state index is 12.5. The van der Waals surface area contributed by atoms with Gasteiger partial charge in [-0.2, -0.15) is 0 Å². The van der Waals surface area contributed by atoms with Crippen LogP contribution in [0.15, 0.2) is 24.3 Å². The van der Waals surface area contributed by atoms with Crippen molar-refractivity contribution >= 4 is 23.5 Å². The fourth-order valence-electron chi connectivity index (χ4n) is 2.09. The Bertz CT molecular complexity index is 546. The lowest BCUT2D eigenvalue weighted by atomic mass is 10.1. The molecule has 0 saturated carbocycles. The molecule has 0 bridgehead atoms. The van der Waals surface area contributed by atoms with E-state index in [1.807, 2.05) is 19.1 Å². The molecule has 7 nitrogen and oxygen atoms in total. The monoisotopic (exact) mass is 291 g/mol. The van der Waals surface area contributed by atoms with Crippen molar-refractivity contribution in [3.8, 4) is 0 Å². The van der Waals surface area contributed by atoms with Crippen molar-refractivity contribution in [1.82, 2.24) is 10.6 Å². The van der Waals surface area contributed by atoms with Gasteiger partial charge in [0.15, 0.2) is 0 Å². The van der Waals surface area contributed by atoms with E-state index in [9.17, 15) is 14.4 Å². The van der Waals surface area contributed by atoms with Crippen LogP contribution in [0.1, 0.15) is 5.56 Å². The van der Waals surface area contributed by atoms with E-state index >= 15 is 0 Å². The highest BCUT2D eigenvalue weighted by Crippen LogP contribution is 2.16. The fourth-order valence-corrected chi connectivity index (χ4v) is 2.09. The number of nitrogens with one attached hydrogen (secondary N) is 2. The van der Waals surface area contributed by atoms with Gasteiger partial charge in [0, 0.05) is 12.2 Å². The molecule has 1 aliphatic rings. The van der Waals surface area contributed by atoms with Crippen molar-refractivity contribution < 1.29 is 19.5 Å². The van der Waals surface area contributed by atoms with Crippen LogP contribution in [0.5, 0.6) is 0 Å². The number of carboxylic acids is 1. The second-order valence-corrected chi connectivity index (χ2v) is 4.89. The third-order valence-corrected chi connectivity index (χ3v) is 3.22. The zero-order valence-corrected chi connectivity index (χ0v) is 11.6. The summed E-state index contributed by atoms with van der Waals surface area (Å²) in [6, 6.07) is 6.42. The number of hydrogen-bond acceptors (Lipinski definition) is 4. The highest BCUT2D eigenvalue weighted by molar-refractivity contribution is 6.01. The zero-order valence-electron chi connectivity index (χ0n) is 11.6. The summed E-state index contributed by atoms with van der Waals surface area (Å²) in [4.78, 5) is 35.8. The van der Waals surface area contributed by atoms with Crippen molar-refractivity contribution in [2.24, 2.45) is 0 Å². The molecule has 0 aliphatic carbocycles. The molecule has 1 fully saturated rings. The van der Waals surface area contributed by atoms with E-state index in [1.165, 1.54) is 4.90 Å². The van der Waals surface area contributed by atoms with E-state index in [0.29, 0.717) is 5.69 Å². The molecular formula is C14H17N3O4. The normalized spacial score (nSPS) is 18.0. The largest absolute Gasteiger partial charge is 0.480 e. The molecule has 0 aromatic heterocycles. The molecule has 2 amide bonds. The summed E-state index contributed by atoms with van der Waals surface area (Å²) in [5.74, 6) is -1.65. The van der Waals surface area contributed by atoms with Crippen molar-refractivity contribution in [3.05, 3.63) is 29.8 Å². The summed E-state index contributed by atoms with van der Waals surface area (Å²) in [6.07, 6.45) is 0. The fraction of sp³-hybridized carbons (Fsp3) is 0.357. The van der Waals surface area contributed by atoms with E-state index in [0.717, 1.165) is 5.56 Å². The summed E-state index contributed by atoms with van der Waals surface area (Å²) >= 11 is 0. The topological polar surface area (TPSA) is 98.7 Å². The molecule has 3 N–H and O–H groups in total. The number of anilines is 1. The Hall–Kier alpha value is -2.41. The standard InChI is InChI=1S/C14H17N3O4/c1-9-2-4-10(5-3-9)17(8-13(19)20)14(21)11-6-16-12(18)7-15-11/h2-5,11,15H,6-8H2,1H3,(H,16,18)(H,19,20). The van der Waals surface area contributed by atoms with E-state index in [4.69, 9.17) is 5.11 Å². The third-order valence-electron chi connectivity index (χ3n) is 3.22. The number of nitrogens with zero attached hydrogens (tertiary/aromatic N) is 1. The number of rotatable bonds is 4. The second kappa shape index (κ2) is 6.36. The molecule has 112 valence electrons. The van der Waals surface area contributed by atoms with Crippen LogP contribution in [0.25, 0.3) is 0 Å². The average molecular weight is 291 g/mol. The van der Waals surface area contributed by atoms with Gasteiger partial charge >= 0.3 is 5.97 Å². The van der Waals surface area contributed by atoms with Gasteiger partial charge in [0.2, 0.25) is 11.8 Å². The number of carbonyl (C=O) groups is 3. The lowest BCUT2D eigenvalue weighted by Crippen LogP contribution is -2.59. The highest BCUT2D eigenvalue weighted by Gasteiger charge is 2.29. The van der Waals surface area contributed by atoms with E-state index < -0.39 is 18.6 Å². The lowest BCUT2D eigenvalue weighted by Gasteiger charge is -2.29. The van der Waals surface area contributed by atoms with Crippen LogP contribution in [-0.2, 0) is 14.4 Å². The van der Waals surface area contributed by atoms with Gasteiger partial charge < -0.3 is 10.4 Å². The summed E-state index contributed by atoms with van der Waals surface area (Å²) in [6.45, 7) is 1.68. The van der Waals surface area contributed by atoms with Crippen LogP contribution < -0.4 is 15.5 Å². The molecule has 21 heavy (non-hydrogen) atoms. The molecule has 7 heteroatoms. The Balaban J connectivity index is 2.18. The summed E-state index contributed by atoms with van der Waals surface area (Å²) in [5, 5.41) is 14.4. The van der Waals surface area contributed by atoms with Gasteiger partial charge in [-0.1, -0.05) is 17.7 Å². The predicted octanol–water partition coefficient (Wildman–Crippen LogP) is -0.499. The van der Waals surface area contributed by atoms with Gasteiger partial charge in [0.05, 0.1) is 6.54 Å². The van der Waals surface area contributed by atoms with Gasteiger partial charge in [-0.3, -0.25) is 24.6 Å². The average Bonchev–Trinajstić information content (AvgIpc) is 2.46. The Morgan fingerprint density at radius 1 is 1.33 bits per heavy atom. The highest BCUT2D eigenvalue weighted by atomic mass is 16.4. The first-order valence-corrected chi connectivity index (χ1v) is 6.57. The zero-order chi connectivity index (χ0) is 15.4. The minimum atomic E-state index is -1.09. The summed E-state index contributed by atoms with van der Waals surface area (Å²) in [7, 11) is 0. The minimum absolute atomic E-state index is 0.0468. The van der Waals surface area contributed by atoms with Crippen molar-refractivity contribution in [2.75, 3.05) is 24.5 Å². The molecule has 1 atom stereocenters. The Morgan fingerprint density at radius 3 is 2.52 bits per heavy atom. The maximum absolute atomic E-state index is 12.5. The number of piperazine rings is 1. The molecular weight excluding hydrogens is 274 g/mol. The van der Waals surface area contributed by atoms with Crippen LogP contribution in [0.3, 0.4) is 0 Å². The van der Waals surface area contributed by atoms with E-state index in [-0.39, 0.29) is 24.9 Å². The molecule has 1 saturated heterocycles. The van der Waals surface area contributed by atoms with E-state index in [2.05, 4.69) is 10.6 Å². The van der Waals surface area contributed by atoms with Gasteiger partial charge in [-0.25, -0.2) is 0 Å². The number of aryl methyl sites for hydroxylation is 1. The quantitative estimate of drug-likeness (QED) is 0.694. The first-order valence-electron chi connectivity index (χ1n) is 6.57. The number of hydrogen-bond donors (Lipinski definition) is 3. The first kappa shape index (κ1) is 15.0. The number of carboxylic acid groups (broad SMARTS) is 1. The number of benzene rings is 1. The molecule has 0 spiro atoms. The lowest BCUT2D eigenvalue weighted by molar-refractivity contribution is -0.137.